The lowest BCUT2D eigenvalue weighted by Gasteiger charge is -2.13. The number of H-pyrrole nitrogens is 1. The van der Waals surface area contributed by atoms with Gasteiger partial charge in [0.2, 0.25) is 0 Å². The fraction of sp³-hybridized carbons (Fsp3) is 0.174. The normalized spacial score (nSPS) is 15.2. The number of benzene rings is 2. The van der Waals surface area contributed by atoms with Gasteiger partial charge in [-0.05, 0) is 75.2 Å². The van der Waals surface area contributed by atoms with Gasteiger partial charge in [0.25, 0.3) is 11.5 Å². The van der Waals surface area contributed by atoms with E-state index in [4.69, 9.17) is 11.6 Å². The van der Waals surface area contributed by atoms with Crippen LogP contribution in [0.15, 0.2) is 57.9 Å². The molecule has 4 rings (SSSR count). The molecule has 30 heavy (non-hydrogen) atoms. The van der Waals surface area contributed by atoms with E-state index in [0.717, 1.165) is 11.1 Å². The highest BCUT2D eigenvalue weighted by Crippen LogP contribution is 2.26. The van der Waals surface area contributed by atoms with Crippen LogP contribution in [0.1, 0.15) is 29.3 Å². The van der Waals surface area contributed by atoms with Gasteiger partial charge < -0.3 is 0 Å². The van der Waals surface area contributed by atoms with Crippen LogP contribution in [0.2, 0.25) is 5.02 Å². The lowest BCUT2D eigenvalue weighted by Crippen LogP contribution is -2.22. The van der Waals surface area contributed by atoms with E-state index in [9.17, 15) is 9.59 Å². The third-order valence-corrected chi connectivity index (χ3v) is 5.50. The number of hydrogen-bond donors (Lipinski definition) is 1. The maximum Gasteiger partial charge on any atom is 0.280 e. The van der Waals surface area contributed by atoms with Crippen molar-refractivity contribution >= 4 is 35.0 Å². The summed E-state index contributed by atoms with van der Waals surface area (Å²) in [6.45, 7) is 7.57. The quantitative estimate of drug-likeness (QED) is 0.631. The lowest BCUT2D eigenvalue weighted by atomic mass is 10.1. The van der Waals surface area contributed by atoms with Crippen LogP contribution in [0.3, 0.4) is 0 Å². The van der Waals surface area contributed by atoms with Crippen LogP contribution in [0.25, 0.3) is 11.8 Å². The van der Waals surface area contributed by atoms with Gasteiger partial charge in [-0.1, -0.05) is 23.7 Å². The van der Waals surface area contributed by atoms with Crippen LogP contribution in [-0.4, -0.2) is 21.4 Å². The number of aryl methyl sites for hydroxylation is 3. The fourth-order valence-corrected chi connectivity index (χ4v) is 3.57. The van der Waals surface area contributed by atoms with Crippen molar-refractivity contribution in [2.24, 2.45) is 5.10 Å². The van der Waals surface area contributed by atoms with Crippen molar-refractivity contribution < 1.29 is 4.79 Å². The van der Waals surface area contributed by atoms with E-state index in [-0.39, 0.29) is 11.5 Å². The van der Waals surface area contributed by atoms with Crippen LogP contribution in [-0.2, 0) is 4.79 Å². The Kier molecular flexibility index (Phi) is 4.95. The van der Waals surface area contributed by atoms with Gasteiger partial charge in [-0.3, -0.25) is 14.7 Å². The van der Waals surface area contributed by atoms with Crippen molar-refractivity contribution in [3.8, 4) is 5.69 Å². The van der Waals surface area contributed by atoms with Gasteiger partial charge >= 0.3 is 0 Å². The monoisotopic (exact) mass is 420 g/mol. The van der Waals surface area contributed by atoms with Crippen molar-refractivity contribution in [1.29, 1.82) is 0 Å². The summed E-state index contributed by atoms with van der Waals surface area (Å²) in [5.74, 6) is -0.259. The zero-order valence-corrected chi connectivity index (χ0v) is 17.9. The van der Waals surface area contributed by atoms with Gasteiger partial charge in [0, 0.05) is 10.7 Å². The summed E-state index contributed by atoms with van der Waals surface area (Å²) in [5, 5.41) is 9.38. The largest absolute Gasteiger partial charge is 0.295 e. The topological polar surface area (TPSA) is 70.5 Å². The zero-order valence-electron chi connectivity index (χ0n) is 17.2. The standard InChI is InChI=1S/C23H21ClN4O2/c1-13-8-9-19(10-14(13)2)28-23(30)21(16(4)26-28)12-20-15(3)25-27(22(20)29)18-7-5-6-17(24)11-18/h5-12,25H,1-4H3/b21-12-. The Balaban J connectivity index is 1.74. The first-order chi connectivity index (χ1) is 14.3. The van der Waals surface area contributed by atoms with Gasteiger partial charge in [-0.25, -0.2) is 4.68 Å². The lowest BCUT2D eigenvalue weighted by molar-refractivity contribution is -0.114. The molecule has 0 saturated carbocycles. The number of nitrogens with one attached hydrogen (secondary N) is 1. The molecular formula is C23H21ClN4O2. The first-order valence-corrected chi connectivity index (χ1v) is 9.90. The molecule has 7 heteroatoms. The van der Waals surface area contributed by atoms with E-state index >= 15 is 0 Å². The van der Waals surface area contributed by atoms with Crippen molar-refractivity contribution in [2.75, 3.05) is 5.01 Å². The second-order valence-electron chi connectivity index (χ2n) is 7.40. The molecule has 0 fully saturated rings. The molecule has 0 aliphatic carbocycles. The Labute approximate surface area is 179 Å². The fourth-order valence-electron chi connectivity index (χ4n) is 3.39. The van der Waals surface area contributed by atoms with E-state index in [1.165, 1.54) is 9.69 Å². The van der Waals surface area contributed by atoms with Crippen molar-refractivity contribution in [3.63, 3.8) is 0 Å². The second-order valence-corrected chi connectivity index (χ2v) is 7.84. The number of aromatic nitrogens is 2. The Morgan fingerprint density at radius 1 is 0.967 bits per heavy atom. The highest BCUT2D eigenvalue weighted by molar-refractivity contribution is 6.32. The minimum atomic E-state index is -0.259. The predicted molar refractivity (Wildman–Crippen MR) is 121 cm³/mol. The minimum absolute atomic E-state index is 0.257. The molecule has 1 aromatic heterocycles. The molecular weight excluding hydrogens is 400 g/mol. The van der Waals surface area contributed by atoms with Crippen LogP contribution in [0.4, 0.5) is 5.69 Å². The van der Waals surface area contributed by atoms with Crippen molar-refractivity contribution in [1.82, 2.24) is 9.78 Å². The molecule has 0 saturated heterocycles. The third kappa shape index (κ3) is 3.39. The predicted octanol–water partition coefficient (Wildman–Crippen LogP) is 4.55. The summed E-state index contributed by atoms with van der Waals surface area (Å²) in [6.07, 6.45) is 1.61. The number of nitrogens with zero attached hydrogens (tertiary/aromatic N) is 3. The van der Waals surface area contributed by atoms with E-state index in [1.807, 2.05) is 32.0 Å². The summed E-state index contributed by atoms with van der Waals surface area (Å²) < 4.78 is 1.42. The number of halogens is 1. The van der Waals surface area contributed by atoms with E-state index in [2.05, 4.69) is 10.2 Å². The van der Waals surface area contributed by atoms with Crippen LogP contribution in [0, 0.1) is 20.8 Å². The van der Waals surface area contributed by atoms with Gasteiger partial charge in [0.05, 0.1) is 28.2 Å². The van der Waals surface area contributed by atoms with Crippen LogP contribution >= 0.6 is 11.6 Å². The number of aromatic amines is 1. The maximum atomic E-state index is 13.1. The average molecular weight is 421 g/mol. The van der Waals surface area contributed by atoms with Gasteiger partial charge in [0.1, 0.15) is 0 Å². The van der Waals surface area contributed by atoms with Gasteiger partial charge in [-0.2, -0.15) is 10.1 Å². The van der Waals surface area contributed by atoms with Crippen LogP contribution in [0.5, 0.6) is 0 Å². The number of rotatable bonds is 3. The third-order valence-electron chi connectivity index (χ3n) is 5.27. The summed E-state index contributed by atoms with van der Waals surface area (Å²) in [5.41, 5.74) is 5.31. The molecule has 2 aromatic carbocycles. The molecule has 0 spiro atoms. The molecule has 1 aliphatic heterocycles. The number of hydrazone groups is 1. The Morgan fingerprint density at radius 3 is 2.43 bits per heavy atom. The van der Waals surface area contributed by atoms with E-state index in [0.29, 0.717) is 38.9 Å². The molecule has 152 valence electrons. The van der Waals surface area contributed by atoms with E-state index < -0.39 is 0 Å². The maximum absolute atomic E-state index is 13.1. The van der Waals surface area contributed by atoms with Gasteiger partial charge in [-0.15, -0.1) is 0 Å². The number of carbonyl (C=O) groups is 1. The molecule has 0 atom stereocenters. The Morgan fingerprint density at radius 2 is 1.73 bits per heavy atom. The number of anilines is 1. The molecule has 1 N–H and O–H groups in total. The summed E-state index contributed by atoms with van der Waals surface area (Å²) in [4.78, 5) is 26.1. The Bertz CT molecular complexity index is 1300. The molecule has 6 nitrogen and oxygen atoms in total. The molecule has 0 radical (unpaired) electrons. The SMILES string of the molecule is CC1=NN(c2ccc(C)c(C)c2)C(=O)/C1=C\c1c(C)[nH]n(-c2cccc(Cl)c2)c1=O. The second kappa shape index (κ2) is 7.46. The molecule has 1 aliphatic rings. The molecule has 0 bridgehead atoms. The first kappa shape index (κ1) is 19.9. The summed E-state index contributed by atoms with van der Waals surface area (Å²) in [7, 11) is 0. The smallest absolute Gasteiger partial charge is 0.280 e. The van der Waals surface area contributed by atoms with Crippen LogP contribution < -0.4 is 10.6 Å². The zero-order chi connectivity index (χ0) is 21.6. The number of carbonyl (C=O) groups excluding carboxylic acids is 1. The summed E-state index contributed by atoms with van der Waals surface area (Å²) >= 11 is 6.06. The minimum Gasteiger partial charge on any atom is -0.295 e. The molecule has 2 heterocycles. The Hall–Kier alpha value is -3.38. The number of amides is 1. The van der Waals surface area contributed by atoms with Crippen molar-refractivity contribution in [2.45, 2.75) is 27.7 Å². The highest BCUT2D eigenvalue weighted by atomic mass is 35.5. The first-order valence-electron chi connectivity index (χ1n) is 9.53. The molecule has 3 aromatic rings. The molecule has 0 unspecified atom stereocenters. The molecule has 1 amide bonds. The summed E-state index contributed by atoms with van der Waals surface area (Å²) in [6, 6.07) is 12.8. The van der Waals surface area contributed by atoms with Gasteiger partial charge in [0.15, 0.2) is 0 Å². The van der Waals surface area contributed by atoms with E-state index in [1.54, 1.807) is 44.2 Å². The highest BCUT2D eigenvalue weighted by Gasteiger charge is 2.29. The van der Waals surface area contributed by atoms with Crippen molar-refractivity contribution in [3.05, 3.63) is 85.8 Å². The number of hydrogen-bond acceptors (Lipinski definition) is 3. The average Bonchev–Trinajstić information content (AvgIpc) is 3.15.